The molecular formula is C19H26BrIN4O. The predicted octanol–water partition coefficient (Wildman–Crippen LogP) is 4.57. The van der Waals surface area contributed by atoms with E-state index in [0.717, 1.165) is 22.6 Å². The Morgan fingerprint density at radius 1 is 1.31 bits per heavy atom. The second-order valence-electron chi connectivity index (χ2n) is 7.44. The first-order chi connectivity index (χ1) is 11.9. The summed E-state index contributed by atoms with van der Waals surface area (Å²) in [6, 6.07) is 8.95. The van der Waals surface area contributed by atoms with Crippen LogP contribution in [0.2, 0.25) is 0 Å². The van der Waals surface area contributed by atoms with Crippen molar-refractivity contribution < 1.29 is 4.42 Å². The summed E-state index contributed by atoms with van der Waals surface area (Å²) in [4.78, 5) is 8.64. The monoisotopic (exact) mass is 532 g/mol. The van der Waals surface area contributed by atoms with E-state index in [1.54, 1.807) is 13.2 Å². The van der Waals surface area contributed by atoms with Gasteiger partial charge in [-0.2, -0.15) is 0 Å². The summed E-state index contributed by atoms with van der Waals surface area (Å²) in [5.74, 6) is 2.89. The van der Waals surface area contributed by atoms with E-state index in [9.17, 15) is 0 Å². The summed E-state index contributed by atoms with van der Waals surface area (Å²) in [5.41, 5.74) is 1.33. The maximum Gasteiger partial charge on any atom is 0.213 e. The highest BCUT2D eigenvalue weighted by Crippen LogP contribution is 2.40. The average Bonchev–Trinajstić information content (AvgIpc) is 3.15. The molecule has 26 heavy (non-hydrogen) atoms. The molecule has 0 amide bonds. The number of nitrogens with one attached hydrogen (secondary N) is 2. The largest absolute Gasteiger partial charge is 0.443 e. The standard InChI is InChI=1S/C19H25BrN4O.HI/c1-19(2,3)16-10-22-17(25-16)11-23-18(21-4)24-15-9-14(15)12-5-7-13(20)8-6-12;/h5-8,10,14-15H,9,11H2,1-4H3,(H2,21,23,24);1H. The Labute approximate surface area is 180 Å². The van der Waals surface area contributed by atoms with Crippen LogP contribution in [0.15, 0.2) is 44.3 Å². The fraction of sp³-hybridized carbons (Fsp3) is 0.474. The molecule has 1 heterocycles. The van der Waals surface area contributed by atoms with Crippen LogP contribution in [0.4, 0.5) is 0 Å². The molecule has 0 aliphatic heterocycles. The van der Waals surface area contributed by atoms with Crippen LogP contribution < -0.4 is 10.6 Å². The number of benzene rings is 1. The Bertz CT molecular complexity index is 752. The summed E-state index contributed by atoms with van der Waals surface area (Å²) in [6.07, 6.45) is 2.92. The minimum absolute atomic E-state index is 0. The molecule has 0 saturated heterocycles. The van der Waals surface area contributed by atoms with Crippen molar-refractivity contribution >= 4 is 45.9 Å². The van der Waals surface area contributed by atoms with E-state index < -0.39 is 0 Å². The summed E-state index contributed by atoms with van der Waals surface area (Å²) in [5, 5.41) is 6.75. The van der Waals surface area contributed by atoms with Gasteiger partial charge in [-0.15, -0.1) is 24.0 Å². The molecule has 0 spiro atoms. The number of guanidine groups is 1. The number of halogens is 2. The molecule has 1 aliphatic rings. The molecule has 1 aromatic carbocycles. The SMILES string of the molecule is CN=C(NCc1ncc(C(C)(C)C)o1)NC1CC1c1ccc(Br)cc1.I. The second kappa shape index (κ2) is 8.73. The van der Waals surface area contributed by atoms with Crippen molar-refractivity contribution in [2.45, 2.75) is 51.1 Å². The molecule has 0 bridgehead atoms. The summed E-state index contributed by atoms with van der Waals surface area (Å²) >= 11 is 3.48. The van der Waals surface area contributed by atoms with Gasteiger partial charge in [0.05, 0.1) is 12.7 Å². The number of nitrogens with zero attached hydrogens (tertiary/aromatic N) is 2. The lowest BCUT2D eigenvalue weighted by Crippen LogP contribution is -2.38. The first kappa shape index (κ1) is 21.2. The van der Waals surface area contributed by atoms with Crippen LogP contribution in [-0.2, 0) is 12.0 Å². The third-order valence-corrected chi connectivity index (χ3v) is 4.86. The molecule has 1 aliphatic carbocycles. The van der Waals surface area contributed by atoms with Crippen LogP contribution >= 0.6 is 39.9 Å². The van der Waals surface area contributed by atoms with Gasteiger partial charge in [0.25, 0.3) is 0 Å². The Kier molecular flexibility index (Phi) is 7.12. The first-order valence-corrected chi connectivity index (χ1v) is 9.34. The maximum absolute atomic E-state index is 5.80. The smallest absolute Gasteiger partial charge is 0.213 e. The van der Waals surface area contributed by atoms with Gasteiger partial charge in [-0.3, -0.25) is 4.99 Å². The van der Waals surface area contributed by atoms with Crippen molar-refractivity contribution in [2.75, 3.05) is 7.05 Å². The van der Waals surface area contributed by atoms with Gasteiger partial charge in [0.15, 0.2) is 5.96 Å². The third-order valence-electron chi connectivity index (χ3n) is 4.33. The van der Waals surface area contributed by atoms with Crippen molar-refractivity contribution in [1.29, 1.82) is 0 Å². The summed E-state index contributed by atoms with van der Waals surface area (Å²) in [7, 11) is 1.78. The molecule has 142 valence electrons. The number of aliphatic imine (C=N–C) groups is 1. The van der Waals surface area contributed by atoms with E-state index in [1.807, 2.05) is 0 Å². The van der Waals surface area contributed by atoms with Crippen molar-refractivity contribution in [3.63, 3.8) is 0 Å². The predicted molar refractivity (Wildman–Crippen MR) is 119 cm³/mol. The molecule has 1 saturated carbocycles. The molecule has 3 rings (SSSR count). The summed E-state index contributed by atoms with van der Waals surface area (Å²) < 4.78 is 6.92. The van der Waals surface area contributed by atoms with Crippen molar-refractivity contribution in [2.24, 2.45) is 4.99 Å². The van der Waals surface area contributed by atoms with E-state index >= 15 is 0 Å². The molecule has 1 fully saturated rings. The van der Waals surface area contributed by atoms with Gasteiger partial charge in [-0.1, -0.05) is 48.8 Å². The Hall–Kier alpha value is -1.09. The molecule has 5 nitrogen and oxygen atoms in total. The second-order valence-corrected chi connectivity index (χ2v) is 8.35. The quantitative estimate of drug-likeness (QED) is 0.344. The van der Waals surface area contributed by atoms with Crippen LogP contribution in [-0.4, -0.2) is 24.0 Å². The van der Waals surface area contributed by atoms with Crippen LogP contribution in [0.25, 0.3) is 0 Å². The molecule has 7 heteroatoms. The summed E-state index contributed by atoms with van der Waals surface area (Å²) in [6.45, 7) is 6.85. The van der Waals surface area contributed by atoms with Gasteiger partial charge >= 0.3 is 0 Å². The van der Waals surface area contributed by atoms with Gasteiger partial charge in [-0.05, 0) is 24.1 Å². The van der Waals surface area contributed by atoms with E-state index in [4.69, 9.17) is 4.42 Å². The van der Waals surface area contributed by atoms with E-state index in [-0.39, 0.29) is 29.4 Å². The average molecular weight is 533 g/mol. The van der Waals surface area contributed by atoms with Crippen LogP contribution in [0.5, 0.6) is 0 Å². The number of oxazole rings is 1. The zero-order valence-corrected chi connectivity index (χ0v) is 19.5. The van der Waals surface area contributed by atoms with Gasteiger partial charge < -0.3 is 15.1 Å². The fourth-order valence-electron chi connectivity index (χ4n) is 2.70. The zero-order valence-electron chi connectivity index (χ0n) is 15.5. The lowest BCUT2D eigenvalue weighted by molar-refractivity contribution is 0.379. The molecule has 1 aromatic heterocycles. The third kappa shape index (κ3) is 5.45. The topological polar surface area (TPSA) is 62.5 Å². The van der Waals surface area contributed by atoms with Crippen LogP contribution in [0.3, 0.4) is 0 Å². The molecule has 2 atom stereocenters. The van der Waals surface area contributed by atoms with Crippen molar-refractivity contribution in [3.8, 4) is 0 Å². The molecular weight excluding hydrogens is 507 g/mol. The van der Waals surface area contributed by atoms with Gasteiger partial charge in [0.1, 0.15) is 5.76 Å². The van der Waals surface area contributed by atoms with Crippen molar-refractivity contribution in [1.82, 2.24) is 15.6 Å². The highest BCUT2D eigenvalue weighted by molar-refractivity contribution is 14.0. The molecule has 2 N–H and O–H groups in total. The van der Waals surface area contributed by atoms with Gasteiger partial charge in [0.2, 0.25) is 5.89 Å². The number of hydrogen-bond donors (Lipinski definition) is 2. The van der Waals surface area contributed by atoms with E-state index in [1.165, 1.54) is 5.56 Å². The highest BCUT2D eigenvalue weighted by atomic mass is 127. The lowest BCUT2D eigenvalue weighted by atomic mass is 9.94. The number of aromatic nitrogens is 1. The minimum atomic E-state index is -0.0307. The van der Waals surface area contributed by atoms with Crippen LogP contribution in [0, 0.1) is 0 Å². The zero-order chi connectivity index (χ0) is 18.0. The molecule has 2 unspecified atom stereocenters. The fourth-order valence-corrected chi connectivity index (χ4v) is 2.97. The van der Waals surface area contributed by atoms with Gasteiger partial charge in [-0.25, -0.2) is 4.98 Å². The first-order valence-electron chi connectivity index (χ1n) is 8.54. The normalized spacial score (nSPS) is 19.7. The number of hydrogen-bond acceptors (Lipinski definition) is 3. The van der Waals surface area contributed by atoms with E-state index in [2.05, 4.69) is 81.6 Å². The highest BCUT2D eigenvalue weighted by Gasteiger charge is 2.38. The van der Waals surface area contributed by atoms with E-state index in [0.29, 0.717) is 24.4 Å². The number of rotatable bonds is 4. The lowest BCUT2D eigenvalue weighted by Gasteiger charge is -2.13. The Morgan fingerprint density at radius 3 is 2.58 bits per heavy atom. The molecule has 2 aromatic rings. The Balaban J connectivity index is 0.00000243. The Morgan fingerprint density at radius 2 is 2.00 bits per heavy atom. The van der Waals surface area contributed by atoms with Gasteiger partial charge in [0, 0.05) is 28.9 Å². The maximum atomic E-state index is 5.80. The molecule has 0 radical (unpaired) electrons. The van der Waals surface area contributed by atoms with Crippen LogP contribution in [0.1, 0.15) is 50.3 Å². The van der Waals surface area contributed by atoms with Crippen molar-refractivity contribution in [3.05, 3.63) is 52.1 Å². The minimum Gasteiger partial charge on any atom is -0.443 e.